The van der Waals surface area contributed by atoms with Gasteiger partial charge in [0, 0.05) is 45.2 Å². The van der Waals surface area contributed by atoms with Crippen LogP contribution in [0.1, 0.15) is 12.5 Å². The van der Waals surface area contributed by atoms with Crippen LogP contribution in [-0.2, 0) is 34.6 Å². The number of hydrogen-bond donors (Lipinski definition) is 7. The number of carbonyl (C=O) groups excluding carboxylic acids is 3. The largest absolute Gasteiger partial charge is 0.461 e. The van der Waals surface area contributed by atoms with E-state index in [4.69, 9.17) is 21.7 Å². The molecule has 0 bridgehead atoms. The van der Waals surface area contributed by atoms with Crippen LogP contribution in [-0.4, -0.2) is 110 Å². The Bertz CT molecular complexity index is 1630. The summed E-state index contributed by atoms with van der Waals surface area (Å²) in [5, 5.41) is 11.6. The van der Waals surface area contributed by atoms with E-state index < -0.39 is 51.3 Å². The van der Waals surface area contributed by atoms with E-state index in [0.29, 0.717) is 30.2 Å². The van der Waals surface area contributed by atoms with E-state index in [1.807, 2.05) is 0 Å². The van der Waals surface area contributed by atoms with Crippen molar-refractivity contribution >= 4 is 67.6 Å². The maximum absolute atomic E-state index is 15.1. The first-order chi connectivity index (χ1) is 22.4. The van der Waals surface area contributed by atoms with Crippen LogP contribution in [0.15, 0.2) is 42.5 Å². The van der Waals surface area contributed by atoms with Crippen molar-refractivity contribution in [2.45, 2.75) is 24.5 Å². The number of piperazine rings is 1. The fourth-order valence-corrected chi connectivity index (χ4v) is 7.25. The minimum Gasteiger partial charge on any atom is -0.461 e. The summed E-state index contributed by atoms with van der Waals surface area (Å²) in [6.45, 7) is 2.42. The first kappa shape index (κ1) is 37.2. The molecule has 17 nitrogen and oxygen atoms in total. The molecule has 48 heavy (non-hydrogen) atoms. The molecule has 0 unspecified atom stereocenters. The van der Waals surface area contributed by atoms with Crippen LogP contribution in [0, 0.1) is 5.82 Å². The monoisotopic (exact) mass is 733 g/mol. The number of carbonyl (C=O) groups is 3. The zero-order valence-corrected chi connectivity index (χ0v) is 28.0. The highest BCUT2D eigenvalue weighted by molar-refractivity contribution is 7.80. The predicted octanol–water partition coefficient (Wildman–Crippen LogP) is 0.893. The molecule has 0 aromatic heterocycles. The molecule has 0 aliphatic carbocycles. The zero-order chi connectivity index (χ0) is 35.4. The van der Waals surface area contributed by atoms with Crippen molar-refractivity contribution in [1.29, 1.82) is 0 Å². The molecule has 1 atom stereocenters. The minimum atomic E-state index is -5.62. The fourth-order valence-electron chi connectivity index (χ4n) is 4.94. The van der Waals surface area contributed by atoms with Crippen LogP contribution >= 0.6 is 27.4 Å². The number of cyclic esters (lactones) is 1. The number of thiocarbonyl (C=S) groups is 1. The lowest BCUT2D eigenvalue weighted by Gasteiger charge is -2.36. The molecule has 3 amide bonds. The molecule has 21 heteroatoms. The second-order valence-corrected chi connectivity index (χ2v) is 15.4. The van der Waals surface area contributed by atoms with Gasteiger partial charge in [0.15, 0.2) is 6.61 Å². The first-order valence-electron chi connectivity index (χ1n) is 14.3. The number of benzene rings is 2. The third kappa shape index (κ3) is 8.86. The summed E-state index contributed by atoms with van der Waals surface area (Å²) in [7, 11) is -11.2. The highest BCUT2D eigenvalue weighted by atomic mass is 32.1. The Balaban J connectivity index is 1.23. The molecular weight excluding hydrogens is 699 g/mol. The van der Waals surface area contributed by atoms with Gasteiger partial charge in [-0.15, -0.1) is 0 Å². The normalized spacial score (nSPS) is 17.2. The van der Waals surface area contributed by atoms with Crippen LogP contribution in [0.5, 0.6) is 0 Å². The number of hydrogen-bond acceptors (Lipinski definition) is 10. The number of amides is 3. The maximum Gasteiger partial charge on any atom is 0.414 e. The standard InChI is InChI=1S/C27H34FN5O12P2S/c1-17(34)29-14-21-15-33(26(36)45-21)20-6-7-23(22(28)12-20)31-8-10-32(11-9-31)24(35)16-44-25(48)30-19-4-2-18(3-5-19)13-27(37,46(38,39)40)47(41,42)43/h2-7,12,21,37H,8-11,13-16H2,1H3,(H,29,34)(H,30,48)(H2,38,39,40)(H2,41,42,43)/t21-/m0/s1. The van der Waals surface area contributed by atoms with Gasteiger partial charge in [-0.05, 0) is 48.1 Å². The lowest BCUT2D eigenvalue weighted by atomic mass is 10.1. The maximum atomic E-state index is 15.1. The van der Waals surface area contributed by atoms with Gasteiger partial charge in [0.25, 0.3) is 16.2 Å². The summed E-state index contributed by atoms with van der Waals surface area (Å²) in [5.74, 6) is -1.19. The Hall–Kier alpha value is -3.67. The topological polar surface area (TPSA) is 239 Å². The smallest absolute Gasteiger partial charge is 0.414 e. The first-order valence-corrected chi connectivity index (χ1v) is 17.9. The lowest BCUT2D eigenvalue weighted by Crippen LogP contribution is -2.50. The summed E-state index contributed by atoms with van der Waals surface area (Å²) in [4.78, 5) is 78.0. The molecule has 0 saturated carbocycles. The number of ether oxygens (including phenoxy) is 2. The van der Waals surface area contributed by atoms with Gasteiger partial charge in [0.05, 0.1) is 24.5 Å². The van der Waals surface area contributed by atoms with Gasteiger partial charge in [-0.25, -0.2) is 9.18 Å². The summed E-state index contributed by atoms with van der Waals surface area (Å²) >= 11 is 5.11. The average Bonchev–Trinajstić information content (AvgIpc) is 3.39. The van der Waals surface area contributed by atoms with E-state index >= 15 is 4.39 Å². The molecule has 2 heterocycles. The van der Waals surface area contributed by atoms with Gasteiger partial charge < -0.3 is 54.6 Å². The molecule has 0 spiro atoms. The van der Waals surface area contributed by atoms with Gasteiger partial charge in [0.2, 0.25) is 5.91 Å². The quantitative estimate of drug-likeness (QED) is 0.125. The third-order valence-corrected chi connectivity index (χ3v) is 11.5. The van der Waals surface area contributed by atoms with Crippen molar-refractivity contribution in [1.82, 2.24) is 10.2 Å². The number of halogens is 1. The van der Waals surface area contributed by atoms with Gasteiger partial charge in [0.1, 0.15) is 11.9 Å². The number of nitrogens with zero attached hydrogens (tertiary/aromatic N) is 3. The van der Waals surface area contributed by atoms with Crippen molar-refractivity contribution < 1.29 is 62.1 Å². The van der Waals surface area contributed by atoms with E-state index in [0.717, 1.165) is 0 Å². The van der Waals surface area contributed by atoms with Crippen molar-refractivity contribution in [3.8, 4) is 0 Å². The molecule has 7 N–H and O–H groups in total. The van der Waals surface area contributed by atoms with Crippen LogP contribution < -0.4 is 20.4 Å². The molecule has 2 aromatic carbocycles. The third-order valence-electron chi connectivity index (χ3n) is 7.57. The molecule has 0 radical (unpaired) electrons. The number of nitrogens with one attached hydrogen (secondary N) is 2. The van der Waals surface area contributed by atoms with E-state index in [-0.39, 0.29) is 48.7 Å². The molecular formula is C27H34FN5O12P2S. The summed E-state index contributed by atoms with van der Waals surface area (Å²) < 4.78 is 48.9. The molecule has 2 fully saturated rings. The number of rotatable bonds is 11. The number of aliphatic hydroxyl groups is 1. The van der Waals surface area contributed by atoms with E-state index in [2.05, 4.69) is 10.6 Å². The Morgan fingerprint density at radius 1 is 1.06 bits per heavy atom. The highest BCUT2D eigenvalue weighted by Crippen LogP contribution is 2.68. The van der Waals surface area contributed by atoms with Crippen LogP contribution in [0.4, 0.5) is 26.2 Å². The van der Waals surface area contributed by atoms with Crippen molar-refractivity contribution in [3.63, 3.8) is 0 Å². The Morgan fingerprint density at radius 2 is 1.69 bits per heavy atom. The predicted molar refractivity (Wildman–Crippen MR) is 173 cm³/mol. The Kier molecular flexibility index (Phi) is 11.5. The Labute approximate surface area is 278 Å². The van der Waals surface area contributed by atoms with Gasteiger partial charge in [-0.2, -0.15) is 0 Å². The van der Waals surface area contributed by atoms with E-state index in [9.17, 15) is 48.2 Å². The van der Waals surface area contributed by atoms with Crippen LogP contribution in [0.3, 0.4) is 0 Å². The molecule has 2 aliphatic rings. The number of anilines is 3. The van der Waals surface area contributed by atoms with Crippen molar-refractivity contribution in [2.24, 2.45) is 0 Å². The lowest BCUT2D eigenvalue weighted by molar-refractivity contribution is -0.133. The summed E-state index contributed by atoms with van der Waals surface area (Å²) in [5.41, 5.74) is 0.940. The van der Waals surface area contributed by atoms with Crippen LogP contribution in [0.2, 0.25) is 0 Å². The van der Waals surface area contributed by atoms with Crippen molar-refractivity contribution in [2.75, 3.05) is 61.0 Å². The second-order valence-electron chi connectivity index (χ2n) is 11.0. The minimum absolute atomic E-state index is 0.0105. The SMILES string of the molecule is CC(=O)NC[C@H]1CN(c2ccc(N3CCN(C(=O)COC(=S)Nc4ccc(CC(O)(P(=O)(O)O)P(=O)(O)O)cc4)CC3)c(F)c2)C(=O)O1. The summed E-state index contributed by atoms with van der Waals surface area (Å²) in [6, 6.07) is 9.61. The Morgan fingerprint density at radius 3 is 2.25 bits per heavy atom. The van der Waals surface area contributed by atoms with Crippen LogP contribution in [0.25, 0.3) is 0 Å². The molecule has 262 valence electrons. The molecule has 2 aromatic rings. The zero-order valence-electron chi connectivity index (χ0n) is 25.4. The average molecular weight is 734 g/mol. The molecule has 4 rings (SSSR count). The van der Waals surface area contributed by atoms with Crippen molar-refractivity contribution in [3.05, 3.63) is 53.8 Å². The van der Waals surface area contributed by atoms with Gasteiger partial charge >= 0.3 is 21.3 Å². The van der Waals surface area contributed by atoms with E-state index in [1.54, 1.807) is 17.0 Å². The van der Waals surface area contributed by atoms with E-state index in [1.165, 1.54) is 47.1 Å². The highest BCUT2D eigenvalue weighted by Gasteiger charge is 2.59. The van der Waals surface area contributed by atoms with Gasteiger partial charge in [-0.1, -0.05) is 12.1 Å². The summed E-state index contributed by atoms with van der Waals surface area (Å²) in [6.07, 6.45) is -2.23. The fraction of sp³-hybridized carbons (Fsp3) is 0.407. The second kappa shape index (κ2) is 14.8. The molecule has 2 saturated heterocycles. The van der Waals surface area contributed by atoms with Gasteiger partial charge in [-0.3, -0.25) is 23.6 Å². The molecule has 2 aliphatic heterocycles.